The summed E-state index contributed by atoms with van der Waals surface area (Å²) in [6.45, 7) is 5.43. The normalized spacial score (nSPS) is 11.9. The first-order chi connectivity index (χ1) is 11.3. The van der Waals surface area contributed by atoms with Gasteiger partial charge in [0.05, 0.1) is 16.7 Å². The van der Waals surface area contributed by atoms with Gasteiger partial charge in [0, 0.05) is 0 Å². The molecule has 0 bridgehead atoms. The molecule has 6 nitrogen and oxygen atoms in total. The molecule has 0 saturated carbocycles. The summed E-state index contributed by atoms with van der Waals surface area (Å²) in [5.41, 5.74) is 1.77. The van der Waals surface area contributed by atoms with Crippen LogP contribution in [0, 0.1) is 11.6 Å². The largest absolute Gasteiger partial charge is 0.269 e. The summed E-state index contributed by atoms with van der Waals surface area (Å²) in [4.78, 5) is 13.5. The highest BCUT2D eigenvalue weighted by Crippen LogP contribution is 2.37. The van der Waals surface area contributed by atoms with E-state index >= 15 is 0 Å². The molecule has 9 heteroatoms. The molecule has 0 radical (unpaired) electrons. The van der Waals surface area contributed by atoms with Gasteiger partial charge in [-0.15, -0.1) is 0 Å². The number of nitrogens with zero attached hydrogens (tertiary/aromatic N) is 4. The first kappa shape index (κ1) is 16.5. The van der Waals surface area contributed by atoms with Gasteiger partial charge in [0.1, 0.15) is 23.1 Å². The molecule has 2 heterocycles. The lowest BCUT2D eigenvalue weighted by atomic mass is 10.1. The van der Waals surface area contributed by atoms with E-state index in [4.69, 9.17) is 16.4 Å². The number of anilines is 1. The maximum atomic E-state index is 14.3. The van der Waals surface area contributed by atoms with Gasteiger partial charge < -0.3 is 0 Å². The standard InChI is InChI=1S/C15H14ClF2N5O/c1-15(2,3)24-22-13-11(10-8(17)5-4-6-9(10)18)12(16)21-14-19-7-20-23(13)14/h4-7,22H,1-3H3. The zero-order chi connectivity index (χ0) is 17.5. The molecule has 2 aromatic heterocycles. The Morgan fingerprint density at radius 2 is 1.83 bits per heavy atom. The van der Waals surface area contributed by atoms with Gasteiger partial charge in [0.2, 0.25) is 0 Å². The minimum Gasteiger partial charge on any atom is -0.269 e. The third-order valence-corrected chi connectivity index (χ3v) is 3.32. The fourth-order valence-corrected chi connectivity index (χ4v) is 2.33. The van der Waals surface area contributed by atoms with Gasteiger partial charge >= 0.3 is 0 Å². The highest BCUT2D eigenvalue weighted by atomic mass is 35.5. The lowest BCUT2D eigenvalue weighted by molar-refractivity contribution is 0.0364. The molecule has 0 aliphatic rings. The number of rotatable bonds is 3. The molecule has 0 spiro atoms. The molecule has 1 aromatic carbocycles. The smallest absolute Gasteiger partial charge is 0.255 e. The van der Waals surface area contributed by atoms with E-state index in [1.54, 1.807) is 0 Å². The molecule has 1 N–H and O–H groups in total. The average Bonchev–Trinajstić information content (AvgIpc) is 2.93. The summed E-state index contributed by atoms with van der Waals surface area (Å²) in [7, 11) is 0. The first-order valence-electron chi connectivity index (χ1n) is 7.05. The van der Waals surface area contributed by atoms with Crippen molar-refractivity contribution in [3.8, 4) is 11.1 Å². The molecule has 0 atom stereocenters. The number of nitrogens with one attached hydrogen (secondary N) is 1. The summed E-state index contributed by atoms with van der Waals surface area (Å²) in [5.74, 6) is -1.27. The summed E-state index contributed by atoms with van der Waals surface area (Å²) in [6, 6.07) is 3.53. The van der Waals surface area contributed by atoms with Crippen molar-refractivity contribution in [2.75, 3.05) is 5.48 Å². The molecule has 0 unspecified atom stereocenters. The van der Waals surface area contributed by atoms with Crippen molar-refractivity contribution >= 4 is 23.2 Å². The Labute approximate surface area is 141 Å². The van der Waals surface area contributed by atoms with Crippen LogP contribution in [0.3, 0.4) is 0 Å². The molecule has 126 valence electrons. The first-order valence-corrected chi connectivity index (χ1v) is 7.43. The Morgan fingerprint density at radius 1 is 1.17 bits per heavy atom. The summed E-state index contributed by atoms with van der Waals surface area (Å²) < 4.78 is 29.8. The third kappa shape index (κ3) is 3.02. The topological polar surface area (TPSA) is 64.3 Å². The van der Waals surface area contributed by atoms with Crippen LogP contribution >= 0.6 is 11.6 Å². The monoisotopic (exact) mass is 353 g/mol. The van der Waals surface area contributed by atoms with Crippen molar-refractivity contribution in [3.05, 3.63) is 41.3 Å². The fourth-order valence-electron chi connectivity index (χ4n) is 2.07. The molecule has 3 rings (SSSR count). The zero-order valence-electron chi connectivity index (χ0n) is 13.1. The maximum absolute atomic E-state index is 14.3. The predicted molar refractivity (Wildman–Crippen MR) is 85.6 cm³/mol. The van der Waals surface area contributed by atoms with E-state index in [9.17, 15) is 8.78 Å². The zero-order valence-corrected chi connectivity index (χ0v) is 13.9. The SMILES string of the molecule is CC(C)(C)ONc1c(-c2c(F)cccc2F)c(Cl)nc2ncnn12. The second kappa shape index (κ2) is 5.95. The molecule has 0 aliphatic carbocycles. The van der Waals surface area contributed by atoms with Crippen LogP contribution in [0.25, 0.3) is 16.9 Å². The van der Waals surface area contributed by atoms with E-state index in [0.717, 1.165) is 12.1 Å². The van der Waals surface area contributed by atoms with Gasteiger partial charge in [-0.25, -0.2) is 14.3 Å². The lowest BCUT2D eigenvalue weighted by Gasteiger charge is -2.22. The van der Waals surface area contributed by atoms with Crippen LogP contribution in [0.1, 0.15) is 20.8 Å². The number of halogens is 3. The molecular formula is C15H14ClF2N5O. The van der Waals surface area contributed by atoms with Crippen molar-refractivity contribution in [1.29, 1.82) is 0 Å². The maximum Gasteiger partial charge on any atom is 0.255 e. The van der Waals surface area contributed by atoms with Crippen molar-refractivity contribution in [1.82, 2.24) is 19.6 Å². The average molecular weight is 354 g/mol. The minimum atomic E-state index is -0.781. The summed E-state index contributed by atoms with van der Waals surface area (Å²) >= 11 is 6.17. The number of hydrogen-bond acceptors (Lipinski definition) is 5. The van der Waals surface area contributed by atoms with Gasteiger partial charge in [-0.2, -0.15) is 19.6 Å². The van der Waals surface area contributed by atoms with Crippen LogP contribution < -0.4 is 5.48 Å². The fraction of sp³-hybridized carbons (Fsp3) is 0.267. The van der Waals surface area contributed by atoms with Crippen LogP contribution in [0.15, 0.2) is 24.5 Å². The Hall–Kier alpha value is -2.32. The van der Waals surface area contributed by atoms with Crippen molar-refractivity contribution < 1.29 is 13.6 Å². The van der Waals surface area contributed by atoms with Gasteiger partial charge in [-0.3, -0.25) is 4.84 Å². The quantitative estimate of drug-likeness (QED) is 0.572. The number of benzene rings is 1. The molecule has 24 heavy (non-hydrogen) atoms. The Morgan fingerprint density at radius 3 is 2.46 bits per heavy atom. The van der Waals surface area contributed by atoms with E-state index in [-0.39, 0.29) is 27.9 Å². The van der Waals surface area contributed by atoms with Crippen LogP contribution in [0.4, 0.5) is 14.6 Å². The Kier molecular flexibility index (Phi) is 4.10. The van der Waals surface area contributed by atoms with E-state index in [0.29, 0.717) is 0 Å². The van der Waals surface area contributed by atoms with Gasteiger partial charge in [-0.1, -0.05) is 17.7 Å². The molecule has 0 aliphatic heterocycles. The molecular weight excluding hydrogens is 340 g/mol. The number of fused-ring (bicyclic) bond motifs is 1. The molecule has 0 amide bonds. The Bertz CT molecular complexity index is 887. The number of hydrogen-bond donors (Lipinski definition) is 1. The van der Waals surface area contributed by atoms with Gasteiger partial charge in [0.15, 0.2) is 5.82 Å². The molecule has 3 aromatic rings. The Balaban J connectivity index is 2.28. The van der Waals surface area contributed by atoms with E-state index in [1.807, 2.05) is 20.8 Å². The van der Waals surface area contributed by atoms with Crippen LogP contribution in [-0.4, -0.2) is 25.2 Å². The van der Waals surface area contributed by atoms with Crippen molar-refractivity contribution in [2.24, 2.45) is 0 Å². The predicted octanol–water partition coefficient (Wildman–Crippen LogP) is 3.86. The van der Waals surface area contributed by atoms with E-state index < -0.39 is 17.2 Å². The van der Waals surface area contributed by atoms with Crippen molar-refractivity contribution in [2.45, 2.75) is 26.4 Å². The second-order valence-corrected chi connectivity index (χ2v) is 6.37. The minimum absolute atomic E-state index is 0.00508. The molecule has 0 fully saturated rings. The summed E-state index contributed by atoms with van der Waals surface area (Å²) in [5, 5.41) is 3.88. The second-order valence-electron chi connectivity index (χ2n) is 6.01. The van der Waals surface area contributed by atoms with E-state index in [2.05, 4.69) is 20.5 Å². The molecule has 0 saturated heterocycles. The van der Waals surface area contributed by atoms with Crippen molar-refractivity contribution in [3.63, 3.8) is 0 Å². The van der Waals surface area contributed by atoms with Crippen LogP contribution in [-0.2, 0) is 4.84 Å². The highest BCUT2D eigenvalue weighted by Gasteiger charge is 2.24. The third-order valence-electron chi connectivity index (χ3n) is 3.05. The number of aromatic nitrogens is 4. The van der Waals surface area contributed by atoms with Crippen LogP contribution in [0.5, 0.6) is 0 Å². The lowest BCUT2D eigenvalue weighted by Crippen LogP contribution is -2.24. The van der Waals surface area contributed by atoms with Crippen LogP contribution in [0.2, 0.25) is 5.15 Å². The van der Waals surface area contributed by atoms with Gasteiger partial charge in [0.25, 0.3) is 5.78 Å². The highest BCUT2D eigenvalue weighted by molar-refractivity contribution is 6.33. The van der Waals surface area contributed by atoms with Gasteiger partial charge in [-0.05, 0) is 32.9 Å². The summed E-state index contributed by atoms with van der Waals surface area (Å²) in [6.07, 6.45) is 1.25. The van der Waals surface area contributed by atoms with E-state index in [1.165, 1.54) is 16.9 Å².